The van der Waals surface area contributed by atoms with E-state index in [1.165, 1.54) is 5.56 Å². The molecule has 2 rings (SSSR count). The van der Waals surface area contributed by atoms with Crippen molar-refractivity contribution in [1.29, 1.82) is 0 Å². The number of aromatic amines is 1. The molecule has 0 saturated carbocycles. The number of nitrogens with one attached hydrogen (secondary N) is 2. The smallest absolute Gasteiger partial charge is 0.392 e. The molecule has 1 aromatic heterocycles. The van der Waals surface area contributed by atoms with E-state index in [9.17, 15) is 4.79 Å². The highest BCUT2D eigenvalue weighted by Gasteiger charge is 2.00. The predicted octanol–water partition coefficient (Wildman–Crippen LogP) is 1.33. The Labute approximate surface area is 92.5 Å². The number of hydrogen-bond donors (Lipinski definition) is 2. The first-order chi connectivity index (χ1) is 7.74. The van der Waals surface area contributed by atoms with Crippen LogP contribution in [0.3, 0.4) is 0 Å². The van der Waals surface area contributed by atoms with Gasteiger partial charge >= 0.3 is 5.76 Å². The van der Waals surface area contributed by atoms with Crippen molar-refractivity contribution in [2.45, 2.75) is 13.3 Å². The molecular weight excluding hydrogens is 206 g/mol. The van der Waals surface area contributed by atoms with Crippen molar-refractivity contribution in [2.24, 2.45) is 0 Å². The highest BCUT2D eigenvalue weighted by Crippen LogP contribution is 2.08. The molecule has 16 heavy (non-hydrogen) atoms. The van der Waals surface area contributed by atoms with Crippen molar-refractivity contribution in [3.8, 4) is 0 Å². The minimum absolute atomic E-state index is 0.421. The van der Waals surface area contributed by atoms with Gasteiger partial charge in [-0.3, -0.25) is 0 Å². The maximum Gasteiger partial charge on any atom is 0.434 e. The third-order valence-electron chi connectivity index (χ3n) is 2.20. The lowest BCUT2D eigenvalue weighted by Gasteiger charge is -2.04. The monoisotopic (exact) mass is 219 g/mol. The first-order valence-corrected chi connectivity index (χ1v) is 5.09. The summed E-state index contributed by atoms with van der Waals surface area (Å²) in [6, 6.07) is 8.10. The van der Waals surface area contributed by atoms with Crippen molar-refractivity contribution in [3.05, 3.63) is 46.3 Å². The van der Waals surface area contributed by atoms with Gasteiger partial charge in [0.15, 0.2) is 0 Å². The molecule has 0 unspecified atom stereocenters. The third kappa shape index (κ3) is 2.73. The molecule has 0 aliphatic carbocycles. The molecule has 1 heterocycles. The average Bonchev–Trinajstić information content (AvgIpc) is 2.67. The zero-order chi connectivity index (χ0) is 11.4. The van der Waals surface area contributed by atoms with E-state index in [-0.39, 0.29) is 0 Å². The molecule has 0 fully saturated rings. The maximum atomic E-state index is 10.7. The summed E-state index contributed by atoms with van der Waals surface area (Å²) in [5.74, 6) is -0.0880. The van der Waals surface area contributed by atoms with Gasteiger partial charge in [-0.1, -0.05) is 17.7 Å². The van der Waals surface area contributed by atoms with Crippen LogP contribution in [-0.4, -0.2) is 16.7 Å². The fourth-order valence-electron chi connectivity index (χ4n) is 1.35. The average molecular weight is 219 g/mol. The van der Waals surface area contributed by atoms with Gasteiger partial charge in [0, 0.05) is 18.7 Å². The van der Waals surface area contributed by atoms with Crippen molar-refractivity contribution < 1.29 is 4.42 Å². The van der Waals surface area contributed by atoms with E-state index < -0.39 is 5.76 Å². The number of aromatic nitrogens is 2. The predicted molar refractivity (Wildman–Crippen MR) is 60.5 cm³/mol. The Morgan fingerprint density at radius 3 is 2.75 bits per heavy atom. The van der Waals surface area contributed by atoms with Crippen LogP contribution < -0.4 is 11.1 Å². The molecule has 0 radical (unpaired) electrons. The Bertz CT molecular complexity index is 498. The number of nitrogens with zero attached hydrogens (tertiary/aromatic N) is 1. The fraction of sp³-hybridized carbons (Fsp3) is 0.273. The number of H-pyrrole nitrogens is 1. The second-order valence-electron chi connectivity index (χ2n) is 3.55. The van der Waals surface area contributed by atoms with Gasteiger partial charge in [-0.25, -0.2) is 9.89 Å². The van der Waals surface area contributed by atoms with Gasteiger partial charge in [0.05, 0.1) is 0 Å². The molecule has 2 aromatic rings. The number of hydrogen-bond acceptors (Lipinski definition) is 4. The van der Waals surface area contributed by atoms with Crippen LogP contribution in [0.1, 0.15) is 11.5 Å². The SMILES string of the molecule is Cc1ccc(NCCc2n[nH]c(=O)o2)cc1. The molecule has 0 bridgehead atoms. The summed E-state index contributed by atoms with van der Waals surface area (Å²) in [6.45, 7) is 2.72. The molecular formula is C11H13N3O2. The van der Waals surface area contributed by atoms with E-state index >= 15 is 0 Å². The molecule has 0 aliphatic rings. The summed E-state index contributed by atoms with van der Waals surface area (Å²) in [6.07, 6.45) is 0.576. The molecule has 0 atom stereocenters. The van der Waals surface area contributed by atoms with E-state index in [0.29, 0.717) is 18.9 Å². The minimum Gasteiger partial charge on any atom is -0.392 e. The van der Waals surface area contributed by atoms with Gasteiger partial charge in [0.25, 0.3) is 0 Å². The molecule has 1 aromatic carbocycles. The highest BCUT2D eigenvalue weighted by molar-refractivity contribution is 5.44. The van der Waals surface area contributed by atoms with Crippen molar-refractivity contribution >= 4 is 5.69 Å². The lowest BCUT2D eigenvalue weighted by Crippen LogP contribution is -2.05. The Morgan fingerprint density at radius 1 is 1.38 bits per heavy atom. The number of benzene rings is 1. The second-order valence-corrected chi connectivity index (χ2v) is 3.55. The molecule has 0 spiro atoms. The lowest BCUT2D eigenvalue weighted by molar-refractivity contribution is 0.465. The van der Waals surface area contributed by atoms with Crippen LogP contribution in [-0.2, 0) is 6.42 Å². The van der Waals surface area contributed by atoms with Crippen LogP contribution in [0.25, 0.3) is 0 Å². The largest absolute Gasteiger partial charge is 0.434 e. The van der Waals surface area contributed by atoms with Crippen LogP contribution in [0, 0.1) is 6.92 Å². The van der Waals surface area contributed by atoms with Crippen LogP contribution in [0.2, 0.25) is 0 Å². The van der Waals surface area contributed by atoms with Crippen molar-refractivity contribution in [1.82, 2.24) is 10.2 Å². The Kier molecular flexibility index (Phi) is 3.05. The minimum atomic E-state index is -0.509. The molecule has 0 saturated heterocycles. The highest BCUT2D eigenvalue weighted by atomic mass is 16.4. The van der Waals surface area contributed by atoms with E-state index in [1.54, 1.807) is 0 Å². The van der Waals surface area contributed by atoms with Crippen LogP contribution in [0.4, 0.5) is 5.69 Å². The van der Waals surface area contributed by atoms with E-state index in [1.807, 2.05) is 31.2 Å². The number of rotatable bonds is 4. The molecule has 0 aliphatic heterocycles. The Hall–Kier alpha value is -2.04. The summed E-state index contributed by atoms with van der Waals surface area (Å²) in [5, 5.41) is 9.16. The summed E-state index contributed by atoms with van der Waals surface area (Å²) in [7, 11) is 0. The third-order valence-corrected chi connectivity index (χ3v) is 2.20. The van der Waals surface area contributed by atoms with Gasteiger partial charge in [-0.2, -0.15) is 0 Å². The summed E-state index contributed by atoms with van der Waals surface area (Å²) in [5.41, 5.74) is 2.27. The van der Waals surface area contributed by atoms with E-state index in [0.717, 1.165) is 5.69 Å². The maximum absolute atomic E-state index is 10.7. The van der Waals surface area contributed by atoms with Gasteiger partial charge in [0.2, 0.25) is 5.89 Å². The quantitative estimate of drug-likeness (QED) is 0.813. The molecule has 5 heteroatoms. The molecule has 0 amide bonds. The Balaban J connectivity index is 1.84. The topological polar surface area (TPSA) is 70.9 Å². The molecule has 2 N–H and O–H groups in total. The van der Waals surface area contributed by atoms with Crippen LogP contribution in [0.5, 0.6) is 0 Å². The van der Waals surface area contributed by atoms with Crippen molar-refractivity contribution in [2.75, 3.05) is 11.9 Å². The van der Waals surface area contributed by atoms with E-state index in [4.69, 9.17) is 4.42 Å². The van der Waals surface area contributed by atoms with Crippen molar-refractivity contribution in [3.63, 3.8) is 0 Å². The van der Waals surface area contributed by atoms with Gasteiger partial charge < -0.3 is 9.73 Å². The molecule has 84 valence electrons. The first kappa shape index (κ1) is 10.5. The van der Waals surface area contributed by atoms with E-state index in [2.05, 4.69) is 15.5 Å². The molecule has 5 nitrogen and oxygen atoms in total. The fourth-order valence-corrected chi connectivity index (χ4v) is 1.35. The van der Waals surface area contributed by atoms with Gasteiger partial charge in [-0.05, 0) is 19.1 Å². The summed E-state index contributed by atoms with van der Waals surface area (Å²) >= 11 is 0. The van der Waals surface area contributed by atoms with Gasteiger partial charge in [-0.15, -0.1) is 5.10 Å². The second kappa shape index (κ2) is 4.65. The van der Waals surface area contributed by atoms with Crippen LogP contribution in [0.15, 0.2) is 33.5 Å². The Morgan fingerprint density at radius 2 is 2.12 bits per heavy atom. The zero-order valence-corrected chi connectivity index (χ0v) is 8.99. The number of anilines is 1. The lowest BCUT2D eigenvalue weighted by atomic mass is 10.2. The standard InChI is InChI=1S/C11H13N3O2/c1-8-2-4-9(5-3-8)12-7-6-10-13-14-11(15)16-10/h2-5,12H,6-7H2,1H3,(H,14,15). The zero-order valence-electron chi connectivity index (χ0n) is 8.99. The van der Waals surface area contributed by atoms with Gasteiger partial charge in [0.1, 0.15) is 0 Å². The number of aryl methyl sites for hydroxylation is 1. The van der Waals surface area contributed by atoms with Crippen LogP contribution >= 0.6 is 0 Å². The summed E-state index contributed by atoms with van der Waals surface area (Å²) < 4.78 is 4.78. The first-order valence-electron chi connectivity index (χ1n) is 5.09. The summed E-state index contributed by atoms with van der Waals surface area (Å²) in [4.78, 5) is 10.7. The normalized spacial score (nSPS) is 10.3.